The van der Waals surface area contributed by atoms with Crippen molar-refractivity contribution in [2.45, 2.75) is 33.2 Å². The zero-order valence-electron chi connectivity index (χ0n) is 14.7. The minimum Gasteiger partial charge on any atom is -0.367 e. The Morgan fingerprint density at radius 2 is 2.04 bits per heavy atom. The molecular weight excluding hydrogens is 298 g/mol. The van der Waals surface area contributed by atoms with Gasteiger partial charge in [0.1, 0.15) is 0 Å². The van der Waals surface area contributed by atoms with Gasteiger partial charge in [-0.05, 0) is 44.0 Å². The summed E-state index contributed by atoms with van der Waals surface area (Å²) in [5.74, 6) is 0.115. The topological polar surface area (TPSA) is 36.4 Å². The van der Waals surface area contributed by atoms with Gasteiger partial charge in [0.25, 0.3) is 5.91 Å². The summed E-state index contributed by atoms with van der Waals surface area (Å²) < 4.78 is 0. The molecule has 24 heavy (non-hydrogen) atoms. The molecule has 1 aliphatic rings. The highest BCUT2D eigenvalue weighted by atomic mass is 16.2. The normalized spacial score (nSPS) is 17.9. The summed E-state index contributed by atoms with van der Waals surface area (Å²) in [4.78, 5) is 21.5. The summed E-state index contributed by atoms with van der Waals surface area (Å²) in [7, 11) is 0. The fraction of sp³-hybridized carbons (Fsp3) is 0.400. The molecule has 2 heterocycles. The molecule has 1 fully saturated rings. The first kappa shape index (κ1) is 16.5. The number of amides is 1. The summed E-state index contributed by atoms with van der Waals surface area (Å²) in [6, 6.07) is 12.4. The van der Waals surface area contributed by atoms with E-state index in [2.05, 4.69) is 54.9 Å². The van der Waals surface area contributed by atoms with Crippen LogP contribution >= 0.6 is 0 Å². The van der Waals surface area contributed by atoms with Crippen LogP contribution in [0.15, 0.2) is 42.6 Å². The van der Waals surface area contributed by atoms with Crippen LogP contribution in [0.4, 0.5) is 5.69 Å². The number of hydrogen-bond acceptors (Lipinski definition) is 3. The Kier molecular flexibility index (Phi) is 4.84. The molecule has 0 radical (unpaired) electrons. The highest BCUT2D eigenvalue weighted by Gasteiger charge is 2.28. The van der Waals surface area contributed by atoms with Crippen LogP contribution in [0.2, 0.25) is 0 Å². The number of aromatic nitrogens is 1. The summed E-state index contributed by atoms with van der Waals surface area (Å²) in [6.07, 6.45) is 2.58. The summed E-state index contributed by atoms with van der Waals surface area (Å²) in [5.41, 5.74) is 4.27. The number of carbonyl (C=O) groups excluding carboxylic acids is 1. The van der Waals surface area contributed by atoms with Gasteiger partial charge in [-0.1, -0.05) is 25.1 Å². The Morgan fingerprint density at radius 1 is 1.25 bits per heavy atom. The molecule has 2 aromatic rings. The van der Waals surface area contributed by atoms with E-state index >= 15 is 0 Å². The van der Waals surface area contributed by atoms with Crippen LogP contribution < -0.4 is 4.90 Å². The van der Waals surface area contributed by atoms with E-state index in [1.807, 2.05) is 17.0 Å². The van der Waals surface area contributed by atoms with Crippen LogP contribution in [-0.2, 0) is 6.42 Å². The fourth-order valence-electron chi connectivity index (χ4n) is 3.37. The molecule has 4 heteroatoms. The van der Waals surface area contributed by atoms with Gasteiger partial charge in [0.2, 0.25) is 0 Å². The molecule has 0 aliphatic carbocycles. The Morgan fingerprint density at radius 3 is 2.75 bits per heavy atom. The third kappa shape index (κ3) is 3.28. The van der Waals surface area contributed by atoms with Crippen molar-refractivity contribution in [1.29, 1.82) is 0 Å². The smallest absolute Gasteiger partial charge is 0.254 e. The van der Waals surface area contributed by atoms with E-state index in [0.717, 1.165) is 37.3 Å². The molecule has 1 unspecified atom stereocenters. The lowest BCUT2D eigenvalue weighted by Crippen LogP contribution is -2.54. The second-order valence-corrected chi connectivity index (χ2v) is 6.47. The SMILES string of the molecule is CCc1cc(C(=O)N2CCN(c3ccccc3C)CC2C)ccn1. The van der Waals surface area contributed by atoms with Gasteiger partial charge < -0.3 is 9.80 Å². The summed E-state index contributed by atoms with van der Waals surface area (Å²) in [6.45, 7) is 8.80. The fourth-order valence-corrected chi connectivity index (χ4v) is 3.37. The van der Waals surface area contributed by atoms with Crippen LogP contribution in [0, 0.1) is 6.92 Å². The minimum absolute atomic E-state index is 0.115. The second-order valence-electron chi connectivity index (χ2n) is 6.47. The van der Waals surface area contributed by atoms with Crippen LogP contribution in [0.1, 0.15) is 35.5 Å². The van der Waals surface area contributed by atoms with E-state index < -0.39 is 0 Å². The molecule has 0 N–H and O–H groups in total. The van der Waals surface area contributed by atoms with E-state index in [-0.39, 0.29) is 11.9 Å². The maximum atomic E-state index is 12.9. The molecule has 1 saturated heterocycles. The van der Waals surface area contributed by atoms with E-state index in [4.69, 9.17) is 0 Å². The van der Waals surface area contributed by atoms with Crippen molar-refractivity contribution in [3.05, 3.63) is 59.4 Å². The Balaban J connectivity index is 1.74. The molecule has 1 aromatic carbocycles. The molecule has 0 bridgehead atoms. The minimum atomic E-state index is 0.115. The standard InChI is InChI=1S/C20H25N3O/c1-4-18-13-17(9-10-21-18)20(24)23-12-11-22(14-16(23)3)19-8-6-5-7-15(19)2/h5-10,13,16H,4,11-12,14H2,1-3H3. The largest absolute Gasteiger partial charge is 0.367 e. The quantitative estimate of drug-likeness (QED) is 0.869. The van der Waals surface area contributed by atoms with Crippen molar-refractivity contribution in [3.63, 3.8) is 0 Å². The van der Waals surface area contributed by atoms with E-state index in [9.17, 15) is 4.79 Å². The van der Waals surface area contributed by atoms with Crippen molar-refractivity contribution < 1.29 is 4.79 Å². The molecular formula is C20H25N3O. The number of carbonyl (C=O) groups is 1. The number of para-hydroxylation sites is 1. The number of rotatable bonds is 3. The number of pyridine rings is 1. The molecule has 1 atom stereocenters. The average molecular weight is 323 g/mol. The van der Waals surface area contributed by atoms with E-state index in [1.54, 1.807) is 6.20 Å². The van der Waals surface area contributed by atoms with Crippen molar-refractivity contribution in [1.82, 2.24) is 9.88 Å². The highest BCUT2D eigenvalue weighted by molar-refractivity contribution is 5.94. The Labute approximate surface area is 144 Å². The maximum absolute atomic E-state index is 12.9. The van der Waals surface area contributed by atoms with E-state index in [0.29, 0.717) is 0 Å². The van der Waals surface area contributed by atoms with E-state index in [1.165, 1.54) is 11.3 Å². The third-order valence-corrected chi connectivity index (χ3v) is 4.77. The van der Waals surface area contributed by atoms with Gasteiger partial charge in [-0.2, -0.15) is 0 Å². The predicted octanol–water partition coefficient (Wildman–Crippen LogP) is 3.30. The van der Waals surface area contributed by atoms with Gasteiger partial charge in [-0.25, -0.2) is 0 Å². The number of piperazine rings is 1. The summed E-state index contributed by atoms with van der Waals surface area (Å²) in [5, 5.41) is 0. The number of aryl methyl sites for hydroxylation is 2. The molecule has 3 rings (SSSR count). The lowest BCUT2D eigenvalue weighted by Gasteiger charge is -2.41. The van der Waals surface area contributed by atoms with Gasteiger partial charge in [0, 0.05) is 48.8 Å². The van der Waals surface area contributed by atoms with Crippen LogP contribution in [0.25, 0.3) is 0 Å². The maximum Gasteiger partial charge on any atom is 0.254 e. The number of nitrogens with zero attached hydrogens (tertiary/aromatic N) is 3. The lowest BCUT2D eigenvalue weighted by molar-refractivity contribution is 0.0674. The van der Waals surface area contributed by atoms with Crippen LogP contribution in [-0.4, -0.2) is 41.5 Å². The zero-order valence-corrected chi connectivity index (χ0v) is 14.7. The third-order valence-electron chi connectivity index (χ3n) is 4.77. The first-order chi connectivity index (χ1) is 11.6. The second kappa shape index (κ2) is 7.04. The molecule has 0 saturated carbocycles. The van der Waals surface area contributed by atoms with Crippen molar-refractivity contribution in [2.24, 2.45) is 0 Å². The van der Waals surface area contributed by atoms with Crippen molar-refractivity contribution in [2.75, 3.05) is 24.5 Å². The van der Waals surface area contributed by atoms with Crippen LogP contribution in [0.5, 0.6) is 0 Å². The number of benzene rings is 1. The monoisotopic (exact) mass is 323 g/mol. The van der Waals surface area contributed by atoms with Gasteiger partial charge in [0.05, 0.1) is 0 Å². The number of hydrogen-bond donors (Lipinski definition) is 0. The molecule has 0 spiro atoms. The van der Waals surface area contributed by atoms with Gasteiger partial charge in [-0.15, -0.1) is 0 Å². The molecule has 4 nitrogen and oxygen atoms in total. The summed E-state index contributed by atoms with van der Waals surface area (Å²) >= 11 is 0. The predicted molar refractivity (Wildman–Crippen MR) is 97.5 cm³/mol. The Hall–Kier alpha value is -2.36. The zero-order chi connectivity index (χ0) is 17.1. The van der Waals surface area contributed by atoms with Crippen molar-refractivity contribution >= 4 is 11.6 Å². The molecule has 1 aliphatic heterocycles. The number of anilines is 1. The molecule has 126 valence electrons. The van der Waals surface area contributed by atoms with Gasteiger partial charge in [0.15, 0.2) is 0 Å². The van der Waals surface area contributed by atoms with Crippen molar-refractivity contribution in [3.8, 4) is 0 Å². The van der Waals surface area contributed by atoms with Gasteiger partial charge >= 0.3 is 0 Å². The van der Waals surface area contributed by atoms with Crippen LogP contribution in [0.3, 0.4) is 0 Å². The first-order valence-corrected chi connectivity index (χ1v) is 8.66. The lowest BCUT2D eigenvalue weighted by atomic mass is 10.1. The Bertz CT molecular complexity index is 728. The molecule has 1 amide bonds. The highest BCUT2D eigenvalue weighted by Crippen LogP contribution is 2.23. The first-order valence-electron chi connectivity index (χ1n) is 8.66. The van der Waals surface area contributed by atoms with Gasteiger partial charge in [-0.3, -0.25) is 9.78 Å². The average Bonchev–Trinajstić information content (AvgIpc) is 2.61. The molecule has 1 aromatic heterocycles.